The summed E-state index contributed by atoms with van der Waals surface area (Å²) in [4.78, 5) is 12.0. The van der Waals surface area contributed by atoms with Gasteiger partial charge in [0.15, 0.2) is 5.76 Å². The summed E-state index contributed by atoms with van der Waals surface area (Å²) in [6.07, 6.45) is 1.53. The summed E-state index contributed by atoms with van der Waals surface area (Å²) in [5.41, 5.74) is 7.69. The fraction of sp³-hybridized carbons (Fsp3) is 0.167. The van der Waals surface area contributed by atoms with Crippen LogP contribution in [0.3, 0.4) is 0 Å². The lowest BCUT2D eigenvalue weighted by Gasteiger charge is -2.09. The molecule has 0 radical (unpaired) electrons. The summed E-state index contributed by atoms with van der Waals surface area (Å²) < 4.78 is 5.67. The predicted octanol–water partition coefficient (Wildman–Crippen LogP) is 2.26. The van der Waals surface area contributed by atoms with E-state index in [-0.39, 0.29) is 5.91 Å². The standard InChI is InChI=1S/C12H12BrN3O2/c1-7-10(4-8(13)5-11(7)14)12(17)15-6-9-2-3-16-18-9/h2-5H,6,14H2,1H3,(H,15,17). The van der Waals surface area contributed by atoms with Gasteiger partial charge >= 0.3 is 0 Å². The van der Waals surface area contributed by atoms with Crippen LogP contribution in [0.15, 0.2) is 33.4 Å². The molecule has 1 heterocycles. The molecule has 0 unspecified atom stereocenters. The van der Waals surface area contributed by atoms with Crippen LogP contribution >= 0.6 is 15.9 Å². The molecule has 1 amide bonds. The summed E-state index contributed by atoms with van der Waals surface area (Å²) in [5.74, 6) is 0.404. The Morgan fingerprint density at radius 1 is 1.56 bits per heavy atom. The van der Waals surface area contributed by atoms with Crippen LogP contribution in [0.25, 0.3) is 0 Å². The Balaban J connectivity index is 2.14. The molecule has 2 aromatic rings. The molecule has 2 rings (SSSR count). The lowest BCUT2D eigenvalue weighted by atomic mass is 10.1. The number of aromatic nitrogens is 1. The van der Waals surface area contributed by atoms with Crippen molar-refractivity contribution in [2.75, 3.05) is 5.73 Å². The molecule has 0 spiro atoms. The molecule has 0 aliphatic rings. The molecule has 18 heavy (non-hydrogen) atoms. The molecule has 6 heteroatoms. The number of benzene rings is 1. The van der Waals surface area contributed by atoms with Gasteiger partial charge in [0.1, 0.15) is 0 Å². The summed E-state index contributed by atoms with van der Waals surface area (Å²) in [6, 6.07) is 5.20. The van der Waals surface area contributed by atoms with Crippen molar-refractivity contribution in [2.24, 2.45) is 0 Å². The number of nitrogens with one attached hydrogen (secondary N) is 1. The monoisotopic (exact) mass is 309 g/mol. The first-order valence-corrected chi connectivity index (χ1v) is 6.10. The minimum absolute atomic E-state index is 0.197. The summed E-state index contributed by atoms with van der Waals surface area (Å²) in [6.45, 7) is 2.11. The number of nitrogen functional groups attached to an aromatic ring is 1. The fourth-order valence-corrected chi connectivity index (χ4v) is 2.01. The number of hydrogen-bond acceptors (Lipinski definition) is 4. The van der Waals surface area contributed by atoms with Crippen molar-refractivity contribution in [1.29, 1.82) is 0 Å². The van der Waals surface area contributed by atoms with Crippen LogP contribution in [0.5, 0.6) is 0 Å². The Bertz CT molecular complexity index is 567. The van der Waals surface area contributed by atoms with Gasteiger partial charge in [0.2, 0.25) is 0 Å². The van der Waals surface area contributed by atoms with Crippen LogP contribution in [0.1, 0.15) is 21.7 Å². The second kappa shape index (κ2) is 5.22. The third kappa shape index (κ3) is 2.70. The summed E-state index contributed by atoms with van der Waals surface area (Å²) >= 11 is 3.32. The van der Waals surface area contributed by atoms with E-state index in [1.165, 1.54) is 6.20 Å². The number of anilines is 1. The van der Waals surface area contributed by atoms with Crippen LogP contribution in [-0.2, 0) is 6.54 Å². The second-order valence-corrected chi connectivity index (χ2v) is 4.74. The van der Waals surface area contributed by atoms with Crippen LogP contribution in [-0.4, -0.2) is 11.1 Å². The maximum absolute atomic E-state index is 12.0. The van der Waals surface area contributed by atoms with E-state index in [2.05, 4.69) is 26.4 Å². The number of amides is 1. The molecule has 0 saturated heterocycles. The molecule has 1 aromatic heterocycles. The largest absolute Gasteiger partial charge is 0.398 e. The van der Waals surface area contributed by atoms with Crippen molar-refractivity contribution in [1.82, 2.24) is 10.5 Å². The maximum atomic E-state index is 12.0. The third-order valence-corrected chi connectivity index (χ3v) is 3.03. The Labute approximate surface area is 112 Å². The van der Waals surface area contributed by atoms with Gasteiger partial charge in [0.25, 0.3) is 5.91 Å². The van der Waals surface area contributed by atoms with Gasteiger partial charge in [-0.05, 0) is 24.6 Å². The van der Waals surface area contributed by atoms with Gasteiger partial charge in [0.05, 0.1) is 12.7 Å². The van der Waals surface area contributed by atoms with Crippen LogP contribution < -0.4 is 11.1 Å². The molecule has 94 valence electrons. The number of carbonyl (C=O) groups excluding carboxylic acids is 1. The zero-order valence-electron chi connectivity index (χ0n) is 9.74. The smallest absolute Gasteiger partial charge is 0.252 e. The Hall–Kier alpha value is -1.82. The number of carbonyl (C=O) groups is 1. The van der Waals surface area contributed by atoms with Crippen LogP contribution in [0.2, 0.25) is 0 Å². The number of nitrogens with two attached hydrogens (primary N) is 1. The molecular weight excluding hydrogens is 298 g/mol. The van der Waals surface area contributed by atoms with Gasteiger partial charge in [-0.25, -0.2) is 0 Å². The molecule has 0 fully saturated rings. The zero-order chi connectivity index (χ0) is 13.1. The van der Waals surface area contributed by atoms with Crippen LogP contribution in [0, 0.1) is 6.92 Å². The quantitative estimate of drug-likeness (QED) is 0.852. The average Bonchev–Trinajstić information content (AvgIpc) is 2.83. The van der Waals surface area contributed by atoms with E-state index in [0.29, 0.717) is 23.6 Å². The predicted molar refractivity (Wildman–Crippen MR) is 71.0 cm³/mol. The molecule has 1 aromatic carbocycles. The number of nitrogens with zero attached hydrogens (tertiary/aromatic N) is 1. The van der Waals surface area contributed by atoms with Crippen molar-refractivity contribution >= 4 is 27.5 Å². The van der Waals surface area contributed by atoms with Gasteiger partial charge in [-0.2, -0.15) is 0 Å². The van der Waals surface area contributed by atoms with E-state index in [0.717, 1.165) is 10.0 Å². The number of halogens is 1. The van der Waals surface area contributed by atoms with Gasteiger partial charge in [-0.3, -0.25) is 4.79 Å². The Morgan fingerprint density at radius 2 is 2.33 bits per heavy atom. The minimum Gasteiger partial charge on any atom is -0.398 e. The topological polar surface area (TPSA) is 81.2 Å². The van der Waals surface area contributed by atoms with Gasteiger partial charge in [-0.15, -0.1) is 0 Å². The first-order valence-electron chi connectivity index (χ1n) is 5.31. The van der Waals surface area contributed by atoms with E-state index in [9.17, 15) is 4.79 Å². The molecule has 0 atom stereocenters. The third-order valence-electron chi connectivity index (χ3n) is 2.57. The SMILES string of the molecule is Cc1c(N)cc(Br)cc1C(=O)NCc1ccno1. The highest BCUT2D eigenvalue weighted by Crippen LogP contribution is 2.22. The average molecular weight is 310 g/mol. The Kier molecular flexibility index (Phi) is 3.66. The zero-order valence-corrected chi connectivity index (χ0v) is 11.3. The molecule has 0 aliphatic heterocycles. The number of hydrogen-bond donors (Lipinski definition) is 2. The van der Waals surface area contributed by atoms with E-state index in [1.807, 2.05) is 6.92 Å². The normalized spacial score (nSPS) is 10.3. The molecule has 3 N–H and O–H groups in total. The highest BCUT2D eigenvalue weighted by Gasteiger charge is 2.12. The highest BCUT2D eigenvalue weighted by molar-refractivity contribution is 9.10. The van der Waals surface area contributed by atoms with Crippen molar-refractivity contribution < 1.29 is 9.32 Å². The van der Waals surface area contributed by atoms with Gasteiger partial charge < -0.3 is 15.6 Å². The first kappa shape index (κ1) is 12.6. The molecule has 0 bridgehead atoms. The highest BCUT2D eigenvalue weighted by atomic mass is 79.9. The molecule has 0 saturated carbocycles. The van der Waals surface area contributed by atoms with Gasteiger partial charge in [0, 0.05) is 21.8 Å². The lowest BCUT2D eigenvalue weighted by Crippen LogP contribution is -2.23. The molecule has 0 aliphatic carbocycles. The van der Waals surface area contributed by atoms with Crippen molar-refractivity contribution in [2.45, 2.75) is 13.5 Å². The van der Waals surface area contributed by atoms with E-state index < -0.39 is 0 Å². The minimum atomic E-state index is -0.197. The first-order chi connectivity index (χ1) is 8.58. The maximum Gasteiger partial charge on any atom is 0.252 e. The lowest BCUT2D eigenvalue weighted by molar-refractivity contribution is 0.0946. The van der Waals surface area contributed by atoms with Crippen molar-refractivity contribution in [3.8, 4) is 0 Å². The van der Waals surface area contributed by atoms with Crippen molar-refractivity contribution in [3.05, 3.63) is 45.8 Å². The molecule has 5 nitrogen and oxygen atoms in total. The van der Waals surface area contributed by atoms with E-state index in [1.54, 1.807) is 18.2 Å². The van der Waals surface area contributed by atoms with E-state index >= 15 is 0 Å². The van der Waals surface area contributed by atoms with E-state index in [4.69, 9.17) is 10.3 Å². The Morgan fingerprint density at radius 3 is 3.00 bits per heavy atom. The summed E-state index contributed by atoms with van der Waals surface area (Å²) in [7, 11) is 0. The second-order valence-electron chi connectivity index (χ2n) is 3.83. The van der Waals surface area contributed by atoms with Crippen molar-refractivity contribution in [3.63, 3.8) is 0 Å². The summed E-state index contributed by atoms with van der Waals surface area (Å²) in [5, 5.41) is 6.31. The van der Waals surface area contributed by atoms with Gasteiger partial charge in [-0.1, -0.05) is 21.1 Å². The number of rotatable bonds is 3. The molecular formula is C12H12BrN3O2. The van der Waals surface area contributed by atoms with Crippen LogP contribution in [0.4, 0.5) is 5.69 Å². The fourth-order valence-electron chi connectivity index (χ4n) is 1.53.